The van der Waals surface area contributed by atoms with Crippen molar-refractivity contribution in [2.45, 2.75) is 31.8 Å². The van der Waals surface area contributed by atoms with Gasteiger partial charge >= 0.3 is 6.18 Å². The van der Waals surface area contributed by atoms with Crippen LogP contribution in [-0.2, 0) is 15.8 Å². The zero-order chi connectivity index (χ0) is 21.2. The van der Waals surface area contributed by atoms with Crippen molar-refractivity contribution in [2.24, 2.45) is 5.92 Å². The van der Waals surface area contributed by atoms with Crippen molar-refractivity contribution in [2.75, 3.05) is 16.0 Å². The van der Waals surface area contributed by atoms with Crippen LogP contribution in [0.2, 0.25) is 0 Å². The molecule has 0 bridgehead atoms. The van der Waals surface area contributed by atoms with Gasteiger partial charge in [-0.25, -0.2) is 0 Å². The standard InChI is InChI=1S/C21H21F3N2O2S/c1-13(2)10-18(27)25-16-5-3-4-14(11-16)20-26(19(28)12-29-20)17-8-6-15(7-9-17)21(22,23)24/h3-9,11,13,20H,10,12H2,1-2H3,(H,25,27)/t20-/m1/s1. The summed E-state index contributed by atoms with van der Waals surface area (Å²) in [6.45, 7) is 3.91. The zero-order valence-corrected chi connectivity index (χ0v) is 16.8. The lowest BCUT2D eigenvalue weighted by atomic mass is 10.1. The van der Waals surface area contributed by atoms with Gasteiger partial charge in [0.15, 0.2) is 0 Å². The predicted octanol–water partition coefficient (Wildman–Crippen LogP) is 5.47. The van der Waals surface area contributed by atoms with Crippen LogP contribution in [0.5, 0.6) is 0 Å². The molecule has 4 nitrogen and oxygen atoms in total. The van der Waals surface area contributed by atoms with Crippen molar-refractivity contribution >= 4 is 35.0 Å². The number of nitrogens with one attached hydrogen (secondary N) is 1. The number of alkyl halides is 3. The Morgan fingerprint density at radius 3 is 2.52 bits per heavy atom. The second kappa shape index (κ2) is 8.49. The van der Waals surface area contributed by atoms with Gasteiger partial charge in [-0.1, -0.05) is 26.0 Å². The van der Waals surface area contributed by atoms with Crippen molar-refractivity contribution in [1.82, 2.24) is 0 Å². The monoisotopic (exact) mass is 422 g/mol. The third-order valence-electron chi connectivity index (χ3n) is 4.39. The van der Waals surface area contributed by atoms with E-state index in [-0.39, 0.29) is 28.9 Å². The van der Waals surface area contributed by atoms with E-state index in [0.717, 1.165) is 17.7 Å². The largest absolute Gasteiger partial charge is 0.416 e. The molecule has 1 saturated heterocycles. The van der Waals surface area contributed by atoms with E-state index in [4.69, 9.17) is 0 Å². The topological polar surface area (TPSA) is 49.4 Å². The van der Waals surface area contributed by atoms with Crippen molar-refractivity contribution in [3.8, 4) is 0 Å². The maximum Gasteiger partial charge on any atom is 0.416 e. The molecule has 1 fully saturated rings. The summed E-state index contributed by atoms with van der Waals surface area (Å²) in [5.41, 5.74) is 1.07. The number of halogens is 3. The fourth-order valence-electron chi connectivity index (χ4n) is 3.11. The number of rotatable bonds is 5. The van der Waals surface area contributed by atoms with Crippen LogP contribution in [0.15, 0.2) is 48.5 Å². The molecule has 0 aromatic heterocycles. The normalized spacial score (nSPS) is 17.1. The molecule has 1 aliphatic heterocycles. The van der Waals surface area contributed by atoms with E-state index < -0.39 is 11.7 Å². The molecule has 1 heterocycles. The Morgan fingerprint density at radius 1 is 1.21 bits per heavy atom. The van der Waals surface area contributed by atoms with Gasteiger partial charge in [0.05, 0.1) is 11.3 Å². The fraction of sp³-hybridized carbons (Fsp3) is 0.333. The number of hydrogen-bond acceptors (Lipinski definition) is 3. The highest BCUT2D eigenvalue weighted by Gasteiger charge is 2.35. The molecular formula is C21H21F3N2O2S. The van der Waals surface area contributed by atoms with Crippen LogP contribution in [0, 0.1) is 5.92 Å². The highest BCUT2D eigenvalue weighted by Crippen LogP contribution is 2.43. The lowest BCUT2D eigenvalue weighted by Crippen LogP contribution is -2.28. The maximum atomic E-state index is 12.8. The van der Waals surface area contributed by atoms with E-state index in [2.05, 4.69) is 5.32 Å². The van der Waals surface area contributed by atoms with Gasteiger partial charge < -0.3 is 5.32 Å². The van der Waals surface area contributed by atoms with Gasteiger partial charge in [0.1, 0.15) is 5.37 Å². The fourth-order valence-corrected chi connectivity index (χ4v) is 4.28. The minimum absolute atomic E-state index is 0.0908. The molecule has 2 aromatic rings. The highest BCUT2D eigenvalue weighted by molar-refractivity contribution is 8.00. The second-order valence-corrected chi connectivity index (χ2v) is 8.31. The predicted molar refractivity (Wildman–Crippen MR) is 109 cm³/mol. The number of carbonyl (C=O) groups excluding carboxylic acids is 2. The summed E-state index contributed by atoms with van der Waals surface area (Å²) in [6, 6.07) is 11.8. The third-order valence-corrected chi connectivity index (χ3v) is 5.60. The Kier molecular flexibility index (Phi) is 6.21. The Hall–Kier alpha value is -2.48. The Bertz CT molecular complexity index is 898. The number of benzene rings is 2. The van der Waals surface area contributed by atoms with Gasteiger partial charge in [0, 0.05) is 17.8 Å². The summed E-state index contributed by atoms with van der Waals surface area (Å²) in [5, 5.41) is 2.48. The van der Waals surface area contributed by atoms with E-state index in [1.807, 2.05) is 19.9 Å². The lowest BCUT2D eigenvalue weighted by Gasteiger charge is -2.25. The molecule has 0 radical (unpaired) electrons. The Labute approximate surface area is 171 Å². The molecule has 2 aromatic carbocycles. The molecule has 1 aliphatic rings. The van der Waals surface area contributed by atoms with Crippen LogP contribution >= 0.6 is 11.8 Å². The number of hydrogen-bond donors (Lipinski definition) is 1. The number of amides is 2. The smallest absolute Gasteiger partial charge is 0.326 e. The average Bonchev–Trinajstić information content (AvgIpc) is 3.02. The first-order valence-electron chi connectivity index (χ1n) is 9.16. The van der Waals surface area contributed by atoms with Crippen LogP contribution in [0.3, 0.4) is 0 Å². The van der Waals surface area contributed by atoms with Gasteiger partial charge in [-0.05, 0) is 47.9 Å². The van der Waals surface area contributed by atoms with Crippen LogP contribution in [0.1, 0.15) is 36.8 Å². The summed E-state index contributed by atoms with van der Waals surface area (Å²) in [5.74, 6) is 0.201. The van der Waals surface area contributed by atoms with E-state index in [9.17, 15) is 22.8 Å². The number of carbonyl (C=O) groups is 2. The molecule has 154 valence electrons. The molecule has 0 saturated carbocycles. The van der Waals surface area contributed by atoms with Crippen LogP contribution in [-0.4, -0.2) is 17.6 Å². The first-order chi connectivity index (χ1) is 13.6. The Balaban J connectivity index is 1.83. The summed E-state index contributed by atoms with van der Waals surface area (Å²) >= 11 is 1.40. The van der Waals surface area contributed by atoms with Gasteiger partial charge in [-0.2, -0.15) is 13.2 Å². The molecule has 1 atom stereocenters. The minimum Gasteiger partial charge on any atom is -0.326 e. The van der Waals surface area contributed by atoms with E-state index in [0.29, 0.717) is 17.8 Å². The van der Waals surface area contributed by atoms with Gasteiger partial charge in [-0.3, -0.25) is 14.5 Å². The van der Waals surface area contributed by atoms with E-state index >= 15 is 0 Å². The van der Waals surface area contributed by atoms with E-state index in [1.165, 1.54) is 28.8 Å². The lowest BCUT2D eigenvalue weighted by molar-refractivity contribution is -0.137. The first kappa shape index (κ1) is 21.2. The van der Waals surface area contributed by atoms with Crippen LogP contribution in [0.4, 0.5) is 24.5 Å². The Morgan fingerprint density at radius 2 is 1.90 bits per heavy atom. The highest BCUT2D eigenvalue weighted by atomic mass is 32.2. The van der Waals surface area contributed by atoms with Gasteiger partial charge in [-0.15, -0.1) is 11.8 Å². The maximum absolute atomic E-state index is 12.8. The molecule has 29 heavy (non-hydrogen) atoms. The van der Waals surface area contributed by atoms with Gasteiger partial charge in [0.25, 0.3) is 0 Å². The summed E-state index contributed by atoms with van der Waals surface area (Å²) in [4.78, 5) is 26.0. The molecule has 3 rings (SSSR count). The zero-order valence-electron chi connectivity index (χ0n) is 16.0. The van der Waals surface area contributed by atoms with Crippen molar-refractivity contribution in [3.05, 3.63) is 59.7 Å². The summed E-state index contributed by atoms with van der Waals surface area (Å²) < 4.78 is 38.5. The minimum atomic E-state index is -4.43. The van der Waals surface area contributed by atoms with E-state index in [1.54, 1.807) is 18.2 Å². The molecule has 1 N–H and O–H groups in total. The number of thioether (sulfide) groups is 1. The summed E-state index contributed by atoms with van der Waals surface area (Å²) in [7, 11) is 0. The molecule has 2 amide bonds. The van der Waals surface area contributed by atoms with Crippen molar-refractivity contribution in [1.29, 1.82) is 0 Å². The van der Waals surface area contributed by atoms with Gasteiger partial charge in [0.2, 0.25) is 11.8 Å². The molecule has 0 unspecified atom stereocenters. The second-order valence-electron chi connectivity index (χ2n) is 7.24. The molecule has 0 aliphatic carbocycles. The van der Waals surface area contributed by atoms with Crippen LogP contribution < -0.4 is 10.2 Å². The SMILES string of the molecule is CC(C)CC(=O)Nc1cccc([C@H]2SCC(=O)N2c2ccc(C(F)(F)F)cc2)c1. The van der Waals surface area contributed by atoms with Crippen molar-refractivity contribution < 1.29 is 22.8 Å². The van der Waals surface area contributed by atoms with Crippen LogP contribution in [0.25, 0.3) is 0 Å². The third kappa shape index (κ3) is 5.12. The number of nitrogens with zero attached hydrogens (tertiary/aromatic N) is 1. The molecule has 0 spiro atoms. The summed E-state index contributed by atoms with van der Waals surface area (Å²) in [6.07, 6.45) is -4.03. The number of anilines is 2. The molecule has 8 heteroatoms. The average molecular weight is 422 g/mol. The molecular weight excluding hydrogens is 401 g/mol. The van der Waals surface area contributed by atoms with Crippen molar-refractivity contribution in [3.63, 3.8) is 0 Å². The first-order valence-corrected chi connectivity index (χ1v) is 10.2. The quantitative estimate of drug-likeness (QED) is 0.695.